The summed E-state index contributed by atoms with van der Waals surface area (Å²) in [6.45, 7) is 12.2. The van der Waals surface area contributed by atoms with Crippen LogP contribution in [0.25, 0.3) is 0 Å². The van der Waals surface area contributed by atoms with Crippen LogP contribution in [0.3, 0.4) is 0 Å². The van der Waals surface area contributed by atoms with Crippen molar-refractivity contribution in [3.05, 3.63) is 87.9 Å². The van der Waals surface area contributed by atoms with Gasteiger partial charge in [-0.3, -0.25) is 14.4 Å². The smallest absolute Gasteiger partial charge is 0.332 e. The van der Waals surface area contributed by atoms with Crippen LogP contribution >= 0.6 is 15.9 Å². The summed E-state index contributed by atoms with van der Waals surface area (Å²) in [7, 11) is 3.20. The van der Waals surface area contributed by atoms with Gasteiger partial charge in [0.1, 0.15) is 11.9 Å². The zero-order chi connectivity index (χ0) is 40.8. The molecular formula is C43H57BrN2O9. The summed E-state index contributed by atoms with van der Waals surface area (Å²) in [4.78, 5) is 58.5. The molecule has 0 saturated carbocycles. The zero-order valence-corrected chi connectivity index (χ0v) is 35.0. The third-order valence-corrected chi connectivity index (χ3v) is 11.6. The Hall–Kier alpha value is -3.84. The standard InChI is InChI=1S/C43H57BrN2O9/c1-10-25(2)36-33(48)23-30(21-28-19-20-32(47)31(44)22-28)39(49)45-38(42(5,6)52)40(50)54-37(29-17-12-11-13-18-29)27(4)16-14-15-26(3)34(53-9)24-35-43(7,55-35)41(51)46(36)8/h11-20,22,25,27,30,34-38,47,52H,10,21,23-24H2,1-9H3,(H,45,49)/b16-14+,26-15+. The number of hydrogen-bond donors (Lipinski definition) is 3. The number of likely N-dealkylation sites (N-methyl/N-ethyl adjacent to an activating group) is 1. The van der Waals surface area contributed by atoms with Crippen molar-refractivity contribution in [1.29, 1.82) is 0 Å². The second-order valence-corrected chi connectivity index (χ2v) is 16.6. The predicted octanol–water partition coefficient (Wildman–Crippen LogP) is 6.40. The summed E-state index contributed by atoms with van der Waals surface area (Å²) in [6, 6.07) is 11.6. The van der Waals surface area contributed by atoms with Crippen LogP contribution in [-0.2, 0) is 39.8 Å². The van der Waals surface area contributed by atoms with Crippen LogP contribution in [0.2, 0.25) is 0 Å². The van der Waals surface area contributed by atoms with Crippen molar-refractivity contribution >= 4 is 39.5 Å². The maximum atomic E-state index is 14.5. The summed E-state index contributed by atoms with van der Waals surface area (Å²) in [5, 5.41) is 24.2. The molecule has 9 unspecified atom stereocenters. The first-order chi connectivity index (χ1) is 25.8. The number of ether oxygens (including phenoxy) is 3. The molecule has 1 fully saturated rings. The van der Waals surface area contributed by atoms with Crippen LogP contribution in [0.5, 0.6) is 5.75 Å². The average Bonchev–Trinajstić information content (AvgIpc) is 3.81. The molecule has 12 heteroatoms. The second kappa shape index (κ2) is 18.4. The molecule has 0 spiro atoms. The van der Waals surface area contributed by atoms with E-state index in [-0.39, 0.29) is 48.2 Å². The van der Waals surface area contributed by atoms with E-state index in [0.717, 1.165) is 11.1 Å². The number of aliphatic hydroxyl groups is 1. The third kappa shape index (κ3) is 10.7. The second-order valence-electron chi connectivity index (χ2n) is 15.8. The number of phenolic OH excluding ortho intramolecular Hbond substituents is 1. The summed E-state index contributed by atoms with van der Waals surface area (Å²) in [5.74, 6) is -3.82. The number of cyclic esters (lactones) is 1. The number of hydrogen-bond acceptors (Lipinski definition) is 9. The minimum Gasteiger partial charge on any atom is -0.507 e. The van der Waals surface area contributed by atoms with Gasteiger partial charge in [0.05, 0.1) is 28.3 Å². The molecule has 0 aliphatic carbocycles. The fourth-order valence-electron chi connectivity index (χ4n) is 7.27. The summed E-state index contributed by atoms with van der Waals surface area (Å²) in [6.07, 6.45) is 4.85. The summed E-state index contributed by atoms with van der Waals surface area (Å²) >= 11 is 3.33. The minimum absolute atomic E-state index is 0.00639. The molecule has 0 bridgehead atoms. The van der Waals surface area contributed by atoms with Gasteiger partial charge >= 0.3 is 5.97 Å². The summed E-state index contributed by atoms with van der Waals surface area (Å²) < 4.78 is 18.5. The van der Waals surface area contributed by atoms with Gasteiger partial charge in [0, 0.05) is 38.8 Å². The van der Waals surface area contributed by atoms with E-state index in [1.54, 1.807) is 33.2 Å². The average molecular weight is 826 g/mol. The number of amides is 2. The van der Waals surface area contributed by atoms with Crippen molar-refractivity contribution in [2.75, 3.05) is 14.2 Å². The first-order valence-corrected chi connectivity index (χ1v) is 19.7. The van der Waals surface area contributed by atoms with E-state index in [0.29, 0.717) is 22.9 Å². The van der Waals surface area contributed by atoms with Gasteiger partial charge in [-0.15, -0.1) is 0 Å². The van der Waals surface area contributed by atoms with Gasteiger partial charge in [-0.05, 0) is 84.8 Å². The van der Waals surface area contributed by atoms with Crippen molar-refractivity contribution in [3.8, 4) is 5.75 Å². The number of rotatable bonds is 7. The SMILES string of the molecule is CCC(C)C1C(=O)CC(Cc2ccc(O)c(Br)c2)C(=O)NC(C(C)(C)O)C(=O)OC(c2ccccc2)C(C)/C=C/C=C(\C)C(OC)CC2OC2(C)C(=O)N1C. The molecule has 55 heavy (non-hydrogen) atoms. The van der Waals surface area contributed by atoms with Crippen LogP contribution < -0.4 is 5.32 Å². The Labute approximate surface area is 333 Å². The molecule has 0 aromatic heterocycles. The largest absolute Gasteiger partial charge is 0.507 e. The van der Waals surface area contributed by atoms with Gasteiger partial charge in [0.15, 0.2) is 17.4 Å². The predicted molar refractivity (Wildman–Crippen MR) is 213 cm³/mol. The Kier molecular flexibility index (Phi) is 14.7. The van der Waals surface area contributed by atoms with Gasteiger partial charge in [0.2, 0.25) is 5.91 Å². The lowest BCUT2D eigenvalue weighted by Gasteiger charge is -2.34. The number of fused-ring (bicyclic) bond motifs is 1. The number of ketones is 1. The molecule has 2 aliphatic heterocycles. The number of nitrogens with zero attached hydrogens (tertiary/aromatic N) is 1. The van der Waals surface area contributed by atoms with Crippen molar-refractivity contribution in [2.45, 2.75) is 116 Å². The number of aromatic hydroxyl groups is 1. The lowest BCUT2D eigenvalue weighted by atomic mass is 9.85. The Morgan fingerprint density at radius 2 is 1.80 bits per heavy atom. The van der Waals surface area contributed by atoms with Gasteiger partial charge < -0.3 is 34.6 Å². The van der Waals surface area contributed by atoms with E-state index in [9.17, 15) is 29.4 Å². The quantitative estimate of drug-likeness (QED) is 0.213. The number of allylic oxidation sites excluding steroid dienone is 2. The highest BCUT2D eigenvalue weighted by Crippen LogP contribution is 2.43. The summed E-state index contributed by atoms with van der Waals surface area (Å²) in [5.41, 5.74) is -0.684. The highest BCUT2D eigenvalue weighted by molar-refractivity contribution is 9.10. The van der Waals surface area contributed by atoms with Gasteiger partial charge in [-0.25, -0.2) is 4.79 Å². The monoisotopic (exact) mass is 824 g/mol. The molecule has 2 aromatic carbocycles. The topological polar surface area (TPSA) is 155 Å². The van der Waals surface area contributed by atoms with E-state index in [2.05, 4.69) is 21.2 Å². The van der Waals surface area contributed by atoms with E-state index in [4.69, 9.17) is 14.2 Å². The van der Waals surface area contributed by atoms with Crippen molar-refractivity contribution < 1.29 is 43.6 Å². The molecule has 4 rings (SSSR count). The van der Waals surface area contributed by atoms with E-state index >= 15 is 0 Å². The number of carbonyl (C=O) groups is 4. The zero-order valence-electron chi connectivity index (χ0n) is 33.4. The Morgan fingerprint density at radius 3 is 2.40 bits per heavy atom. The lowest BCUT2D eigenvalue weighted by molar-refractivity contribution is -0.162. The van der Waals surface area contributed by atoms with Crippen LogP contribution in [0.4, 0.5) is 0 Å². The van der Waals surface area contributed by atoms with Gasteiger partial charge in [-0.2, -0.15) is 0 Å². The molecule has 300 valence electrons. The van der Waals surface area contributed by atoms with Crippen LogP contribution in [0.1, 0.15) is 85.0 Å². The maximum absolute atomic E-state index is 14.5. The van der Waals surface area contributed by atoms with Crippen molar-refractivity contribution in [1.82, 2.24) is 10.2 Å². The van der Waals surface area contributed by atoms with Gasteiger partial charge in [0.25, 0.3) is 5.91 Å². The van der Waals surface area contributed by atoms with Crippen molar-refractivity contribution in [3.63, 3.8) is 0 Å². The number of epoxide rings is 1. The fraction of sp³-hybridized carbons (Fsp3) is 0.535. The number of methoxy groups -OCH3 is 1. The number of esters is 1. The molecule has 11 nitrogen and oxygen atoms in total. The van der Waals surface area contributed by atoms with E-state index in [1.165, 1.54) is 24.8 Å². The number of phenols is 1. The number of benzene rings is 2. The molecule has 0 radical (unpaired) electrons. The minimum atomic E-state index is -1.77. The van der Waals surface area contributed by atoms with Crippen LogP contribution in [0.15, 0.2) is 76.8 Å². The molecular weight excluding hydrogens is 768 g/mol. The Bertz CT molecular complexity index is 1760. The van der Waals surface area contributed by atoms with E-state index in [1.807, 2.05) is 76.3 Å². The van der Waals surface area contributed by atoms with Crippen molar-refractivity contribution in [2.24, 2.45) is 17.8 Å². The Balaban J connectivity index is 1.82. The molecule has 2 amide bonds. The molecule has 2 aromatic rings. The first kappa shape index (κ1) is 43.9. The van der Waals surface area contributed by atoms with E-state index < -0.39 is 53.3 Å². The van der Waals surface area contributed by atoms with Crippen LogP contribution in [0, 0.1) is 17.8 Å². The number of nitrogens with one attached hydrogen (secondary N) is 1. The molecule has 1 saturated heterocycles. The highest BCUT2D eigenvalue weighted by Gasteiger charge is 2.61. The Morgan fingerprint density at radius 1 is 1.13 bits per heavy atom. The third-order valence-electron chi connectivity index (χ3n) is 11.0. The molecule has 9 atom stereocenters. The van der Waals surface area contributed by atoms with Crippen LogP contribution in [-0.4, -0.2) is 88.3 Å². The molecule has 2 aliphatic rings. The number of carbonyl (C=O) groups excluding carboxylic acids is 4. The lowest BCUT2D eigenvalue weighted by Crippen LogP contribution is -2.57. The number of Topliss-reactive ketones (excluding diaryl/α,β-unsaturated/α-hetero) is 1. The fourth-order valence-corrected chi connectivity index (χ4v) is 7.70. The maximum Gasteiger partial charge on any atom is 0.332 e. The first-order valence-electron chi connectivity index (χ1n) is 18.9. The number of halogens is 1. The normalized spacial score (nSPS) is 31.2. The highest BCUT2D eigenvalue weighted by atomic mass is 79.9. The van der Waals surface area contributed by atoms with Gasteiger partial charge in [-0.1, -0.05) is 81.8 Å². The molecule has 2 heterocycles. The molecule has 3 N–H and O–H groups in total.